The van der Waals surface area contributed by atoms with Crippen LogP contribution in [0, 0.1) is 12.7 Å². The van der Waals surface area contributed by atoms with Crippen molar-refractivity contribution in [3.8, 4) is 0 Å². The maximum atomic E-state index is 12.8. The Balaban J connectivity index is 1.86. The van der Waals surface area contributed by atoms with Gasteiger partial charge in [0.15, 0.2) is 0 Å². The number of carbonyl (C=O) groups excluding carboxylic acids is 1. The minimum atomic E-state index is -0.320. The third-order valence-corrected chi connectivity index (χ3v) is 3.35. The Kier molecular flexibility index (Phi) is 5.06. The summed E-state index contributed by atoms with van der Waals surface area (Å²) in [6.45, 7) is 4.27. The minimum absolute atomic E-state index is 0.0881. The second kappa shape index (κ2) is 6.99. The molecule has 3 nitrogen and oxygen atoms in total. The number of amides is 1. The number of anilines is 1. The number of aryl methyl sites for hydroxylation is 1. The second-order valence-corrected chi connectivity index (χ2v) is 5.01. The highest BCUT2D eigenvalue weighted by atomic mass is 19.1. The highest BCUT2D eigenvalue weighted by Crippen LogP contribution is 2.16. The van der Waals surface area contributed by atoms with E-state index in [4.69, 9.17) is 0 Å². The molecule has 0 saturated carbocycles. The molecule has 1 unspecified atom stereocenters. The molecule has 2 rings (SSSR count). The van der Waals surface area contributed by atoms with E-state index < -0.39 is 0 Å². The Bertz CT molecular complexity index is 610. The molecule has 2 N–H and O–H groups in total. The molecule has 2 aromatic carbocycles. The summed E-state index contributed by atoms with van der Waals surface area (Å²) in [5, 5.41) is 5.91. The third-order valence-electron chi connectivity index (χ3n) is 3.35. The number of rotatable bonds is 5. The molecule has 0 heterocycles. The number of carbonyl (C=O) groups is 1. The van der Waals surface area contributed by atoms with Gasteiger partial charge in [-0.15, -0.1) is 0 Å². The van der Waals surface area contributed by atoms with E-state index in [9.17, 15) is 9.18 Å². The van der Waals surface area contributed by atoms with Crippen LogP contribution in [-0.4, -0.2) is 12.5 Å². The van der Waals surface area contributed by atoms with Crippen LogP contribution >= 0.6 is 0 Å². The molecule has 0 aliphatic rings. The van der Waals surface area contributed by atoms with E-state index in [0.717, 1.165) is 0 Å². The van der Waals surface area contributed by atoms with Crippen LogP contribution < -0.4 is 10.6 Å². The van der Waals surface area contributed by atoms with Crippen LogP contribution in [0.25, 0.3) is 0 Å². The monoisotopic (exact) mass is 286 g/mol. The Hall–Kier alpha value is -2.20. The summed E-state index contributed by atoms with van der Waals surface area (Å²) >= 11 is 0. The van der Waals surface area contributed by atoms with Crippen LogP contribution in [0.4, 0.5) is 10.1 Å². The van der Waals surface area contributed by atoms with Crippen LogP contribution in [0.5, 0.6) is 0 Å². The molecule has 0 aromatic heterocycles. The van der Waals surface area contributed by atoms with Gasteiger partial charge in [-0.25, -0.2) is 4.39 Å². The minimum Gasteiger partial charge on any atom is -0.325 e. The number of hydrogen-bond donors (Lipinski definition) is 2. The molecule has 0 bridgehead atoms. The number of benzene rings is 2. The lowest BCUT2D eigenvalue weighted by Gasteiger charge is -2.16. The molecule has 21 heavy (non-hydrogen) atoms. The van der Waals surface area contributed by atoms with Crippen LogP contribution in [-0.2, 0) is 4.79 Å². The molecule has 110 valence electrons. The van der Waals surface area contributed by atoms with Gasteiger partial charge in [0.25, 0.3) is 0 Å². The van der Waals surface area contributed by atoms with Crippen LogP contribution in [0.3, 0.4) is 0 Å². The van der Waals surface area contributed by atoms with E-state index in [1.165, 1.54) is 35.4 Å². The van der Waals surface area contributed by atoms with Crippen molar-refractivity contribution < 1.29 is 9.18 Å². The van der Waals surface area contributed by atoms with E-state index in [-0.39, 0.29) is 24.3 Å². The van der Waals surface area contributed by atoms with Crippen molar-refractivity contribution in [2.45, 2.75) is 19.9 Å². The first-order valence-corrected chi connectivity index (χ1v) is 6.90. The van der Waals surface area contributed by atoms with Crippen molar-refractivity contribution in [3.63, 3.8) is 0 Å². The predicted octanol–water partition coefficient (Wildman–Crippen LogP) is 3.42. The summed E-state index contributed by atoms with van der Waals surface area (Å²) in [6, 6.07) is 13.9. The van der Waals surface area contributed by atoms with Crippen LogP contribution in [0.15, 0.2) is 48.5 Å². The zero-order valence-electron chi connectivity index (χ0n) is 12.2. The smallest absolute Gasteiger partial charge is 0.238 e. The Morgan fingerprint density at radius 3 is 2.48 bits per heavy atom. The largest absolute Gasteiger partial charge is 0.325 e. The fourth-order valence-corrected chi connectivity index (χ4v) is 2.17. The summed E-state index contributed by atoms with van der Waals surface area (Å²) in [6.07, 6.45) is 0. The highest BCUT2D eigenvalue weighted by molar-refractivity contribution is 5.92. The van der Waals surface area contributed by atoms with Gasteiger partial charge >= 0.3 is 0 Å². The SMILES string of the molecule is Cc1ccccc1C(C)NCC(=O)Nc1ccc(F)cc1. The molecule has 0 radical (unpaired) electrons. The average Bonchev–Trinajstić information content (AvgIpc) is 2.48. The fourth-order valence-electron chi connectivity index (χ4n) is 2.17. The first-order valence-electron chi connectivity index (χ1n) is 6.90. The summed E-state index contributed by atoms with van der Waals surface area (Å²) in [5.41, 5.74) is 2.95. The van der Waals surface area contributed by atoms with Gasteiger partial charge in [0.2, 0.25) is 5.91 Å². The van der Waals surface area contributed by atoms with E-state index in [1.54, 1.807) is 0 Å². The molecule has 0 saturated heterocycles. The average molecular weight is 286 g/mol. The first-order chi connectivity index (χ1) is 10.1. The van der Waals surface area contributed by atoms with Crippen molar-refractivity contribution >= 4 is 11.6 Å². The lowest BCUT2D eigenvalue weighted by Crippen LogP contribution is -2.30. The van der Waals surface area contributed by atoms with Gasteiger partial charge in [0.1, 0.15) is 5.82 Å². The number of halogens is 1. The quantitative estimate of drug-likeness (QED) is 0.884. The first kappa shape index (κ1) is 15.2. The van der Waals surface area contributed by atoms with E-state index >= 15 is 0 Å². The second-order valence-electron chi connectivity index (χ2n) is 5.01. The summed E-state index contributed by atoms with van der Waals surface area (Å²) in [4.78, 5) is 11.9. The van der Waals surface area contributed by atoms with Crippen molar-refractivity contribution in [3.05, 3.63) is 65.5 Å². The van der Waals surface area contributed by atoms with Gasteiger partial charge in [-0.2, -0.15) is 0 Å². The zero-order valence-corrected chi connectivity index (χ0v) is 12.2. The fraction of sp³-hybridized carbons (Fsp3) is 0.235. The lowest BCUT2D eigenvalue weighted by molar-refractivity contribution is -0.115. The van der Waals surface area contributed by atoms with Crippen LogP contribution in [0.2, 0.25) is 0 Å². The standard InChI is InChI=1S/C17H19FN2O/c1-12-5-3-4-6-16(12)13(2)19-11-17(21)20-15-9-7-14(18)8-10-15/h3-10,13,19H,11H2,1-2H3,(H,20,21). The lowest BCUT2D eigenvalue weighted by atomic mass is 10.0. The summed E-state index contributed by atoms with van der Waals surface area (Å²) in [5.74, 6) is -0.471. The highest BCUT2D eigenvalue weighted by Gasteiger charge is 2.09. The van der Waals surface area contributed by atoms with Gasteiger partial charge in [0.05, 0.1) is 6.54 Å². The molecular weight excluding hydrogens is 267 g/mol. The topological polar surface area (TPSA) is 41.1 Å². The zero-order chi connectivity index (χ0) is 15.2. The van der Waals surface area contributed by atoms with E-state index in [0.29, 0.717) is 5.69 Å². The van der Waals surface area contributed by atoms with E-state index in [1.807, 2.05) is 38.1 Å². The normalized spacial score (nSPS) is 12.0. The van der Waals surface area contributed by atoms with Gasteiger partial charge in [-0.05, 0) is 49.2 Å². The molecule has 0 aliphatic carbocycles. The Morgan fingerprint density at radius 1 is 1.14 bits per heavy atom. The van der Waals surface area contributed by atoms with Gasteiger partial charge in [-0.1, -0.05) is 24.3 Å². The van der Waals surface area contributed by atoms with Crippen molar-refractivity contribution in [1.82, 2.24) is 5.32 Å². The summed E-state index contributed by atoms with van der Waals surface area (Å²) in [7, 11) is 0. The third kappa shape index (κ3) is 4.39. The Labute approximate surface area is 124 Å². The molecule has 0 aliphatic heterocycles. The molecule has 1 amide bonds. The van der Waals surface area contributed by atoms with Gasteiger partial charge in [-0.3, -0.25) is 4.79 Å². The van der Waals surface area contributed by atoms with Crippen molar-refractivity contribution in [2.75, 3.05) is 11.9 Å². The van der Waals surface area contributed by atoms with Gasteiger partial charge in [0, 0.05) is 11.7 Å². The molecule has 4 heteroatoms. The number of nitrogens with one attached hydrogen (secondary N) is 2. The molecule has 0 spiro atoms. The summed E-state index contributed by atoms with van der Waals surface area (Å²) < 4.78 is 12.8. The maximum absolute atomic E-state index is 12.8. The van der Waals surface area contributed by atoms with Gasteiger partial charge < -0.3 is 10.6 Å². The number of hydrogen-bond acceptors (Lipinski definition) is 2. The van der Waals surface area contributed by atoms with E-state index in [2.05, 4.69) is 10.6 Å². The maximum Gasteiger partial charge on any atom is 0.238 e. The molecule has 2 aromatic rings. The van der Waals surface area contributed by atoms with Crippen molar-refractivity contribution in [1.29, 1.82) is 0 Å². The molecule has 0 fully saturated rings. The predicted molar refractivity (Wildman–Crippen MR) is 82.6 cm³/mol. The molecular formula is C17H19FN2O. The van der Waals surface area contributed by atoms with Crippen LogP contribution in [0.1, 0.15) is 24.1 Å². The molecule has 1 atom stereocenters. The van der Waals surface area contributed by atoms with Crippen molar-refractivity contribution in [2.24, 2.45) is 0 Å². The Morgan fingerprint density at radius 2 is 1.81 bits per heavy atom.